The molecule has 3 unspecified atom stereocenters. The second-order valence-electron chi connectivity index (χ2n) is 11.5. The summed E-state index contributed by atoms with van der Waals surface area (Å²) in [6.45, 7) is 2.44. The van der Waals surface area contributed by atoms with Crippen LogP contribution in [0.25, 0.3) is 0 Å². The van der Waals surface area contributed by atoms with Crippen molar-refractivity contribution in [1.29, 1.82) is 0 Å². The summed E-state index contributed by atoms with van der Waals surface area (Å²) < 4.78 is 38.3. The van der Waals surface area contributed by atoms with Gasteiger partial charge < -0.3 is 14.6 Å². The first-order valence-electron chi connectivity index (χ1n) is 14.0. The first-order valence-corrected chi connectivity index (χ1v) is 14.0. The predicted octanol–water partition coefficient (Wildman–Crippen LogP) is 7.59. The van der Waals surface area contributed by atoms with Crippen molar-refractivity contribution in [3.05, 3.63) is 88.5 Å². The monoisotopic (exact) mass is 544 g/mol. The Bertz CT molecular complexity index is 1490. The summed E-state index contributed by atoms with van der Waals surface area (Å²) in [7, 11) is 1.57. The molecule has 3 aliphatic rings. The quantitative estimate of drug-likeness (QED) is 0.257. The lowest BCUT2D eigenvalue weighted by Crippen LogP contribution is -2.42. The molecule has 7 heteroatoms. The van der Waals surface area contributed by atoms with E-state index in [9.17, 15) is 13.9 Å². The molecule has 0 aliphatic heterocycles. The molecule has 0 saturated heterocycles. The molecule has 40 heavy (non-hydrogen) atoms. The number of ether oxygens (including phenoxy) is 2. The highest BCUT2D eigenvalue weighted by atomic mass is 19.1. The zero-order valence-electron chi connectivity index (χ0n) is 22.9. The van der Waals surface area contributed by atoms with Gasteiger partial charge in [0.25, 0.3) is 0 Å². The van der Waals surface area contributed by atoms with Crippen LogP contribution >= 0.6 is 0 Å². The first kappa shape index (κ1) is 26.5. The highest BCUT2D eigenvalue weighted by Crippen LogP contribution is 2.60. The maximum atomic E-state index is 14.0. The number of nitrogens with zero attached hydrogens (tertiary/aromatic N) is 2. The number of aromatic hydroxyl groups is 1. The van der Waals surface area contributed by atoms with E-state index in [2.05, 4.69) is 18.1 Å². The van der Waals surface area contributed by atoms with Gasteiger partial charge in [0, 0.05) is 22.8 Å². The SMILES string of the molecule is COc1ccc(/C=N/N=C2\CCC3C4CCc5cc(O)ccc5C4CC[C@@]23C)cc1COc1ccc(F)cc1F. The van der Waals surface area contributed by atoms with Gasteiger partial charge in [0.1, 0.15) is 23.9 Å². The predicted molar refractivity (Wildman–Crippen MR) is 151 cm³/mol. The van der Waals surface area contributed by atoms with Crippen molar-refractivity contribution >= 4 is 11.9 Å². The minimum absolute atomic E-state index is 0.0210. The minimum atomic E-state index is -0.748. The highest BCUT2D eigenvalue weighted by molar-refractivity contribution is 5.93. The van der Waals surface area contributed by atoms with Crippen LogP contribution in [0.4, 0.5) is 8.78 Å². The summed E-state index contributed by atoms with van der Waals surface area (Å²) in [5, 5.41) is 19.2. The summed E-state index contributed by atoms with van der Waals surface area (Å²) >= 11 is 0. The normalized spacial score (nSPS) is 26.4. The highest BCUT2D eigenvalue weighted by Gasteiger charge is 2.53. The van der Waals surface area contributed by atoms with Crippen LogP contribution in [0.5, 0.6) is 17.2 Å². The molecule has 3 aromatic carbocycles. The van der Waals surface area contributed by atoms with Gasteiger partial charge in [-0.3, -0.25) is 0 Å². The Hall–Kier alpha value is -3.74. The number of phenols is 1. The van der Waals surface area contributed by atoms with Crippen LogP contribution in [0.1, 0.15) is 67.2 Å². The van der Waals surface area contributed by atoms with Gasteiger partial charge in [-0.25, -0.2) is 8.78 Å². The molecule has 5 nitrogen and oxygen atoms in total. The van der Waals surface area contributed by atoms with Crippen molar-refractivity contribution in [3.63, 3.8) is 0 Å². The van der Waals surface area contributed by atoms with Gasteiger partial charge in [0.2, 0.25) is 0 Å². The fourth-order valence-electron chi connectivity index (χ4n) is 7.43. The molecular weight excluding hydrogens is 510 g/mol. The van der Waals surface area contributed by atoms with E-state index in [0.717, 1.165) is 61.8 Å². The summed E-state index contributed by atoms with van der Waals surface area (Å²) in [5.41, 5.74) is 5.55. The zero-order valence-corrected chi connectivity index (χ0v) is 22.9. The lowest BCUT2D eigenvalue weighted by atomic mass is 9.55. The van der Waals surface area contributed by atoms with Gasteiger partial charge in [-0.05, 0) is 115 Å². The fraction of sp³-hybridized carbons (Fsp3) is 0.394. The van der Waals surface area contributed by atoms with E-state index in [1.54, 1.807) is 13.3 Å². The summed E-state index contributed by atoms with van der Waals surface area (Å²) in [5.74, 6) is 1.36. The van der Waals surface area contributed by atoms with Crippen LogP contribution in [0, 0.1) is 28.9 Å². The molecule has 3 aromatic rings. The molecule has 2 fully saturated rings. The smallest absolute Gasteiger partial charge is 0.167 e. The van der Waals surface area contributed by atoms with E-state index in [1.807, 2.05) is 30.3 Å². The van der Waals surface area contributed by atoms with Crippen molar-refractivity contribution in [2.24, 2.45) is 27.5 Å². The number of rotatable bonds is 6. The van der Waals surface area contributed by atoms with Gasteiger partial charge in [0.15, 0.2) is 11.6 Å². The number of hydrogen-bond acceptors (Lipinski definition) is 5. The van der Waals surface area contributed by atoms with Crippen molar-refractivity contribution in [1.82, 2.24) is 0 Å². The van der Waals surface area contributed by atoms with E-state index in [0.29, 0.717) is 29.3 Å². The van der Waals surface area contributed by atoms with Crippen LogP contribution in [-0.4, -0.2) is 24.1 Å². The summed E-state index contributed by atoms with van der Waals surface area (Å²) in [4.78, 5) is 0. The van der Waals surface area contributed by atoms with E-state index in [-0.39, 0.29) is 17.8 Å². The fourth-order valence-corrected chi connectivity index (χ4v) is 7.43. The van der Waals surface area contributed by atoms with Gasteiger partial charge >= 0.3 is 0 Å². The first-order chi connectivity index (χ1) is 19.4. The summed E-state index contributed by atoms with van der Waals surface area (Å²) in [6.07, 6.45) is 8.26. The van der Waals surface area contributed by atoms with Crippen LogP contribution in [-0.2, 0) is 13.0 Å². The number of fused-ring (bicyclic) bond motifs is 5. The molecule has 3 aliphatic carbocycles. The number of aryl methyl sites for hydroxylation is 1. The van der Waals surface area contributed by atoms with Crippen LogP contribution in [0.3, 0.4) is 0 Å². The van der Waals surface area contributed by atoms with Crippen molar-refractivity contribution in [3.8, 4) is 17.2 Å². The lowest BCUT2D eigenvalue weighted by Gasteiger charge is -2.49. The van der Waals surface area contributed by atoms with Gasteiger partial charge in [0.05, 0.1) is 13.3 Å². The Kier molecular flexibility index (Phi) is 7.07. The molecule has 1 N–H and O–H groups in total. The van der Waals surface area contributed by atoms with E-state index >= 15 is 0 Å². The Morgan fingerprint density at radius 2 is 1.85 bits per heavy atom. The molecule has 4 atom stereocenters. The Labute approximate surface area is 233 Å². The molecule has 0 spiro atoms. The van der Waals surface area contributed by atoms with Crippen LogP contribution in [0.15, 0.2) is 64.8 Å². The molecule has 0 heterocycles. The van der Waals surface area contributed by atoms with Crippen LogP contribution < -0.4 is 9.47 Å². The Morgan fingerprint density at radius 1 is 1.00 bits per heavy atom. The molecule has 0 aromatic heterocycles. The lowest BCUT2D eigenvalue weighted by molar-refractivity contribution is 0.0955. The second-order valence-corrected chi connectivity index (χ2v) is 11.5. The van der Waals surface area contributed by atoms with Gasteiger partial charge in [-0.15, -0.1) is 0 Å². The van der Waals surface area contributed by atoms with Gasteiger partial charge in [-0.1, -0.05) is 13.0 Å². The molecule has 208 valence electrons. The Morgan fingerprint density at radius 3 is 2.67 bits per heavy atom. The summed E-state index contributed by atoms with van der Waals surface area (Å²) in [6, 6.07) is 14.8. The average molecular weight is 545 g/mol. The molecule has 2 saturated carbocycles. The standard InChI is InChI=1S/C33H34F2N2O3/c1-33-14-13-26-25-8-6-24(38)16-21(25)4-7-27(26)28(33)9-12-32(33)37-36-18-20-3-10-30(39-2)22(15-20)19-40-31-11-5-23(34)17-29(31)35/h3,5-6,8,10-11,15-18,26-28,38H,4,7,9,12-14,19H2,1-2H3/b36-18+,37-32+/t26?,27?,28?,33-/m1/s1. The molecular formula is C33H34F2N2O3. The third-order valence-corrected chi connectivity index (χ3v) is 9.42. The topological polar surface area (TPSA) is 63.4 Å². The largest absolute Gasteiger partial charge is 0.508 e. The molecule has 0 radical (unpaired) electrons. The van der Waals surface area contributed by atoms with Crippen molar-refractivity contribution in [2.45, 2.75) is 58.0 Å². The molecule has 0 amide bonds. The zero-order chi connectivity index (χ0) is 27.9. The number of phenolic OH excluding ortho intramolecular Hbond substituents is 1. The number of benzene rings is 3. The van der Waals surface area contributed by atoms with Gasteiger partial charge in [-0.2, -0.15) is 10.2 Å². The van der Waals surface area contributed by atoms with Crippen molar-refractivity contribution < 1.29 is 23.4 Å². The Balaban J connectivity index is 1.17. The molecule has 0 bridgehead atoms. The third kappa shape index (κ3) is 4.87. The van der Waals surface area contributed by atoms with E-state index in [1.165, 1.54) is 22.9 Å². The van der Waals surface area contributed by atoms with Crippen molar-refractivity contribution in [2.75, 3.05) is 7.11 Å². The van der Waals surface area contributed by atoms with Crippen LogP contribution in [0.2, 0.25) is 0 Å². The maximum absolute atomic E-state index is 14.0. The van der Waals surface area contributed by atoms with E-state index < -0.39 is 11.6 Å². The average Bonchev–Trinajstić information content (AvgIpc) is 3.28. The number of hydrogen-bond donors (Lipinski definition) is 1. The number of halogens is 2. The second kappa shape index (κ2) is 10.7. The third-order valence-electron chi connectivity index (χ3n) is 9.42. The van der Waals surface area contributed by atoms with E-state index in [4.69, 9.17) is 14.6 Å². The maximum Gasteiger partial charge on any atom is 0.167 e. The number of methoxy groups -OCH3 is 1. The molecule has 6 rings (SSSR count). The minimum Gasteiger partial charge on any atom is -0.508 e.